The first-order valence-corrected chi connectivity index (χ1v) is 13.2. The molecule has 3 N–H and O–H groups in total. The maximum Gasteiger partial charge on any atom is 0.220 e. The summed E-state index contributed by atoms with van der Waals surface area (Å²) in [6.07, 6.45) is 31.1. The predicted molar refractivity (Wildman–Crippen MR) is 138 cm³/mol. The molecule has 0 heterocycles. The van der Waals surface area contributed by atoms with Gasteiger partial charge in [-0.3, -0.25) is 4.79 Å². The fourth-order valence-electron chi connectivity index (χ4n) is 3.52. The fourth-order valence-corrected chi connectivity index (χ4v) is 3.52. The molecule has 0 saturated heterocycles. The normalized spacial score (nSPS) is 14.0. The van der Waals surface area contributed by atoms with Crippen molar-refractivity contribution in [2.75, 3.05) is 6.61 Å². The van der Waals surface area contributed by atoms with Crippen LogP contribution >= 0.6 is 0 Å². The molecule has 4 heteroatoms. The molecule has 32 heavy (non-hydrogen) atoms. The number of rotatable bonds is 22. The molecule has 0 aromatic carbocycles. The van der Waals surface area contributed by atoms with E-state index in [1.807, 2.05) is 6.08 Å². The lowest BCUT2D eigenvalue weighted by Crippen LogP contribution is -2.44. The molecule has 2 unspecified atom stereocenters. The minimum Gasteiger partial charge on any atom is -0.394 e. The van der Waals surface area contributed by atoms with Crippen molar-refractivity contribution in [1.29, 1.82) is 0 Å². The number of aliphatic hydroxyl groups excluding tert-OH is 2. The second-order valence-electron chi connectivity index (χ2n) is 8.70. The van der Waals surface area contributed by atoms with Gasteiger partial charge in [-0.1, -0.05) is 108 Å². The Morgan fingerprint density at radius 3 is 1.69 bits per heavy atom. The number of aliphatic hydroxyl groups is 2. The molecule has 4 nitrogen and oxygen atoms in total. The fraction of sp³-hybridized carbons (Fsp3) is 0.750. The van der Waals surface area contributed by atoms with Gasteiger partial charge >= 0.3 is 0 Å². The third-order valence-corrected chi connectivity index (χ3v) is 5.67. The van der Waals surface area contributed by atoms with Crippen molar-refractivity contribution >= 4 is 5.91 Å². The average Bonchev–Trinajstić information content (AvgIpc) is 2.80. The van der Waals surface area contributed by atoms with E-state index in [9.17, 15) is 15.0 Å². The van der Waals surface area contributed by atoms with Crippen molar-refractivity contribution in [2.45, 2.75) is 129 Å². The van der Waals surface area contributed by atoms with Crippen LogP contribution in [-0.4, -0.2) is 34.9 Å². The Bertz CT molecular complexity index is 499. The van der Waals surface area contributed by atoms with Crippen LogP contribution in [0.4, 0.5) is 0 Å². The molecule has 0 spiro atoms. The summed E-state index contributed by atoms with van der Waals surface area (Å²) in [5.74, 6) is -0.169. The van der Waals surface area contributed by atoms with Gasteiger partial charge in [0.25, 0.3) is 0 Å². The number of unbranched alkanes of at least 4 members (excludes halogenated alkanes) is 12. The first-order chi connectivity index (χ1) is 15.7. The molecule has 0 aliphatic rings. The number of hydrogen-bond acceptors (Lipinski definition) is 3. The van der Waals surface area contributed by atoms with E-state index < -0.39 is 12.1 Å². The molecule has 0 saturated carbocycles. The van der Waals surface area contributed by atoms with E-state index >= 15 is 0 Å². The number of nitrogens with one attached hydrogen (secondary N) is 1. The van der Waals surface area contributed by atoms with Gasteiger partial charge in [0.05, 0.1) is 18.8 Å². The maximum absolute atomic E-state index is 11.4. The first kappa shape index (κ1) is 30.6. The lowest BCUT2D eigenvalue weighted by Gasteiger charge is -2.19. The van der Waals surface area contributed by atoms with Gasteiger partial charge in [0.15, 0.2) is 0 Å². The van der Waals surface area contributed by atoms with Crippen molar-refractivity contribution < 1.29 is 15.0 Å². The summed E-state index contributed by atoms with van der Waals surface area (Å²) in [4.78, 5) is 11.4. The van der Waals surface area contributed by atoms with Crippen LogP contribution in [0.2, 0.25) is 0 Å². The number of allylic oxidation sites excluding steroid dienone is 5. The quantitative estimate of drug-likeness (QED) is 0.126. The zero-order valence-corrected chi connectivity index (χ0v) is 20.9. The van der Waals surface area contributed by atoms with E-state index in [2.05, 4.69) is 36.5 Å². The number of amides is 1. The Hall–Kier alpha value is -1.39. The Balaban J connectivity index is 3.55. The summed E-state index contributed by atoms with van der Waals surface area (Å²) >= 11 is 0. The second-order valence-corrected chi connectivity index (χ2v) is 8.70. The van der Waals surface area contributed by atoms with Crippen LogP contribution in [-0.2, 0) is 4.79 Å². The average molecular weight is 450 g/mol. The van der Waals surface area contributed by atoms with Crippen molar-refractivity contribution in [3.05, 3.63) is 36.5 Å². The molecule has 1 amide bonds. The molecule has 186 valence electrons. The van der Waals surface area contributed by atoms with Crippen LogP contribution in [0, 0.1) is 0 Å². The summed E-state index contributed by atoms with van der Waals surface area (Å²) in [7, 11) is 0. The number of hydrogen-bond donors (Lipinski definition) is 3. The second kappa shape index (κ2) is 24.3. The summed E-state index contributed by atoms with van der Waals surface area (Å²) in [6, 6.07) is -0.638. The van der Waals surface area contributed by atoms with Gasteiger partial charge in [0, 0.05) is 6.42 Å². The molecule has 2 atom stereocenters. The number of carbonyl (C=O) groups is 1. The Morgan fingerprint density at radius 1 is 0.719 bits per heavy atom. The van der Waals surface area contributed by atoms with Gasteiger partial charge in [0.2, 0.25) is 5.91 Å². The van der Waals surface area contributed by atoms with Crippen molar-refractivity contribution in [3.8, 4) is 0 Å². The minimum absolute atomic E-state index is 0.169. The van der Waals surface area contributed by atoms with E-state index in [4.69, 9.17) is 0 Å². The molecule has 0 aromatic heterocycles. The zero-order valence-electron chi connectivity index (χ0n) is 20.9. The standard InChI is InChI=1S/C28H51NO3/c1-3-5-6-7-8-9-10-11-12-13-14-15-16-17-18-19-20-21-22-23-24-27(31)26(25-30)29-28(32)4-2/h15-16,19-20,23-24,26-27,30-31H,3-14,17-18,21-22,25H2,1-2H3,(H,29,32)/b16-15+,20-19+,24-23+. The van der Waals surface area contributed by atoms with E-state index in [1.54, 1.807) is 13.0 Å². The van der Waals surface area contributed by atoms with Crippen LogP contribution < -0.4 is 5.32 Å². The Kier molecular flexibility index (Phi) is 23.2. The van der Waals surface area contributed by atoms with E-state index in [-0.39, 0.29) is 12.5 Å². The van der Waals surface area contributed by atoms with E-state index in [0.29, 0.717) is 6.42 Å². The molecule has 0 aromatic rings. The first-order valence-electron chi connectivity index (χ1n) is 13.2. The smallest absolute Gasteiger partial charge is 0.220 e. The van der Waals surface area contributed by atoms with Crippen LogP contribution in [0.5, 0.6) is 0 Å². The van der Waals surface area contributed by atoms with Crippen LogP contribution in [0.1, 0.15) is 117 Å². The van der Waals surface area contributed by atoms with Gasteiger partial charge in [0.1, 0.15) is 0 Å². The van der Waals surface area contributed by atoms with Gasteiger partial charge in [-0.15, -0.1) is 0 Å². The molecule has 0 aliphatic heterocycles. The monoisotopic (exact) mass is 449 g/mol. The highest BCUT2D eigenvalue weighted by molar-refractivity contribution is 5.75. The highest BCUT2D eigenvalue weighted by atomic mass is 16.3. The molecule has 0 bridgehead atoms. The SMILES string of the molecule is CCCCCCCCCCCC/C=C/CC/C=C/CC/C=C/C(O)C(CO)NC(=O)CC. The third-order valence-electron chi connectivity index (χ3n) is 5.67. The Labute approximate surface area is 198 Å². The van der Waals surface area contributed by atoms with Gasteiger partial charge in [-0.25, -0.2) is 0 Å². The highest BCUT2D eigenvalue weighted by Crippen LogP contribution is 2.11. The molecule has 0 fully saturated rings. The minimum atomic E-state index is -0.861. The lowest BCUT2D eigenvalue weighted by atomic mass is 10.1. The van der Waals surface area contributed by atoms with Crippen molar-refractivity contribution in [3.63, 3.8) is 0 Å². The molecular weight excluding hydrogens is 398 g/mol. The van der Waals surface area contributed by atoms with Crippen LogP contribution in [0.3, 0.4) is 0 Å². The zero-order chi connectivity index (χ0) is 23.7. The Morgan fingerprint density at radius 2 is 1.19 bits per heavy atom. The van der Waals surface area contributed by atoms with Crippen molar-refractivity contribution in [2.24, 2.45) is 0 Å². The van der Waals surface area contributed by atoms with Crippen molar-refractivity contribution in [1.82, 2.24) is 5.32 Å². The largest absolute Gasteiger partial charge is 0.394 e. The van der Waals surface area contributed by atoms with Crippen LogP contribution in [0.15, 0.2) is 36.5 Å². The highest BCUT2D eigenvalue weighted by Gasteiger charge is 2.16. The molecule has 0 radical (unpaired) electrons. The lowest BCUT2D eigenvalue weighted by molar-refractivity contribution is -0.122. The van der Waals surface area contributed by atoms with Gasteiger partial charge < -0.3 is 15.5 Å². The summed E-state index contributed by atoms with van der Waals surface area (Å²) in [6.45, 7) is 3.74. The topological polar surface area (TPSA) is 69.6 Å². The predicted octanol–water partition coefficient (Wildman–Crippen LogP) is 6.77. The van der Waals surface area contributed by atoms with Crippen LogP contribution in [0.25, 0.3) is 0 Å². The third kappa shape index (κ3) is 20.5. The molecular formula is C28H51NO3. The summed E-state index contributed by atoms with van der Waals surface area (Å²) in [5.41, 5.74) is 0. The van der Waals surface area contributed by atoms with Gasteiger partial charge in [-0.05, 0) is 38.5 Å². The summed E-state index contributed by atoms with van der Waals surface area (Å²) < 4.78 is 0. The molecule has 0 rings (SSSR count). The molecule has 0 aliphatic carbocycles. The number of carbonyl (C=O) groups excluding carboxylic acids is 1. The van der Waals surface area contributed by atoms with E-state index in [1.165, 1.54) is 70.6 Å². The van der Waals surface area contributed by atoms with E-state index in [0.717, 1.165) is 25.7 Å². The summed E-state index contributed by atoms with van der Waals surface area (Å²) in [5, 5.41) is 21.9. The maximum atomic E-state index is 11.4. The van der Waals surface area contributed by atoms with Gasteiger partial charge in [-0.2, -0.15) is 0 Å².